The number of H-pyrrole nitrogens is 1. The summed E-state index contributed by atoms with van der Waals surface area (Å²) in [6.45, 7) is 1.95. The molecule has 40 heavy (non-hydrogen) atoms. The van der Waals surface area contributed by atoms with E-state index in [0.717, 1.165) is 27.5 Å². The quantitative estimate of drug-likeness (QED) is 0.180. The minimum Gasteiger partial charge on any atom is -0.461 e. The van der Waals surface area contributed by atoms with Crippen molar-refractivity contribution in [3.8, 4) is 22.3 Å². The third-order valence-electron chi connectivity index (χ3n) is 7.03. The minimum absolute atomic E-state index is 0.109. The average molecular weight is 543 g/mol. The van der Waals surface area contributed by atoms with E-state index < -0.39 is 13.1 Å². The van der Waals surface area contributed by atoms with Gasteiger partial charge in [0, 0.05) is 21.7 Å². The number of benzene rings is 5. The summed E-state index contributed by atoms with van der Waals surface area (Å²) in [6.07, 6.45) is 0. The summed E-state index contributed by atoms with van der Waals surface area (Å²) in [4.78, 5) is 13.4. The third-order valence-corrected chi connectivity index (χ3v) is 10.0. The molecule has 0 unspecified atom stereocenters. The van der Waals surface area contributed by atoms with Crippen LogP contribution >= 0.6 is 7.14 Å². The number of fused-ring (bicyclic) bond motifs is 1. The lowest BCUT2D eigenvalue weighted by Gasteiger charge is -2.22. The monoisotopic (exact) mass is 542 g/mol. The van der Waals surface area contributed by atoms with E-state index in [1.165, 1.54) is 0 Å². The number of rotatable bonds is 7. The SMILES string of the molecule is CCOC(=O)c1n[nH]c(P(=O)(c2ccccc2)c2ccccc2)c1-c1c(-c2ccccc2)ccc2ccccc12. The van der Waals surface area contributed by atoms with Crippen LogP contribution in [0, 0.1) is 0 Å². The Morgan fingerprint density at radius 3 is 1.93 bits per heavy atom. The summed E-state index contributed by atoms with van der Waals surface area (Å²) in [5, 5.41) is 10.8. The molecular weight excluding hydrogens is 515 g/mol. The van der Waals surface area contributed by atoms with Crippen LogP contribution < -0.4 is 16.0 Å². The van der Waals surface area contributed by atoms with Gasteiger partial charge in [-0.3, -0.25) is 5.10 Å². The van der Waals surface area contributed by atoms with Crippen molar-refractivity contribution in [1.82, 2.24) is 10.2 Å². The zero-order chi connectivity index (χ0) is 27.5. The summed E-state index contributed by atoms with van der Waals surface area (Å²) in [6, 6.07) is 40.9. The topological polar surface area (TPSA) is 72.0 Å². The molecule has 5 nitrogen and oxygen atoms in total. The molecule has 1 N–H and O–H groups in total. The van der Waals surface area contributed by atoms with Crippen LogP contribution in [0.5, 0.6) is 0 Å². The van der Waals surface area contributed by atoms with Crippen molar-refractivity contribution >= 4 is 39.9 Å². The fourth-order valence-electron chi connectivity index (χ4n) is 5.23. The smallest absolute Gasteiger partial charge is 0.359 e. The van der Waals surface area contributed by atoms with Gasteiger partial charge in [-0.1, -0.05) is 127 Å². The number of carbonyl (C=O) groups excluding carboxylic acids is 1. The number of ether oxygens (including phenoxy) is 1. The summed E-state index contributed by atoms with van der Waals surface area (Å²) in [5.74, 6) is -0.570. The van der Waals surface area contributed by atoms with E-state index in [2.05, 4.69) is 22.3 Å². The van der Waals surface area contributed by atoms with Crippen LogP contribution in [0.3, 0.4) is 0 Å². The van der Waals surface area contributed by atoms with E-state index in [-0.39, 0.29) is 12.3 Å². The van der Waals surface area contributed by atoms with Gasteiger partial charge in [-0.2, -0.15) is 5.10 Å². The Morgan fingerprint density at radius 2 is 1.30 bits per heavy atom. The Morgan fingerprint density at radius 1 is 0.725 bits per heavy atom. The Kier molecular flexibility index (Phi) is 6.90. The number of nitrogens with one attached hydrogen (secondary N) is 1. The number of esters is 1. The number of hydrogen-bond acceptors (Lipinski definition) is 4. The number of aromatic amines is 1. The molecule has 0 saturated carbocycles. The first-order chi connectivity index (χ1) is 19.6. The van der Waals surface area contributed by atoms with Crippen LogP contribution in [-0.4, -0.2) is 22.8 Å². The minimum atomic E-state index is -3.53. The molecule has 5 aromatic carbocycles. The van der Waals surface area contributed by atoms with Gasteiger partial charge in [0.25, 0.3) is 0 Å². The number of carbonyl (C=O) groups is 1. The van der Waals surface area contributed by atoms with Gasteiger partial charge in [0.15, 0.2) is 12.8 Å². The number of nitrogens with zero attached hydrogens (tertiary/aromatic N) is 1. The van der Waals surface area contributed by atoms with E-state index >= 15 is 4.57 Å². The Hall–Kier alpha value is -4.73. The fourth-order valence-corrected chi connectivity index (χ4v) is 7.95. The molecular formula is C34H27N2O3P. The molecule has 0 aliphatic rings. The molecule has 0 saturated heterocycles. The molecule has 0 bridgehead atoms. The molecule has 1 heterocycles. The highest BCUT2D eigenvalue weighted by Crippen LogP contribution is 2.48. The lowest BCUT2D eigenvalue weighted by atomic mass is 9.90. The van der Waals surface area contributed by atoms with Crippen molar-refractivity contribution in [2.75, 3.05) is 6.61 Å². The second-order valence-corrected chi connectivity index (χ2v) is 12.1. The summed E-state index contributed by atoms with van der Waals surface area (Å²) < 4.78 is 21.0. The lowest BCUT2D eigenvalue weighted by molar-refractivity contribution is 0.0520. The van der Waals surface area contributed by atoms with Gasteiger partial charge in [0.2, 0.25) is 0 Å². The maximum atomic E-state index is 15.6. The highest BCUT2D eigenvalue weighted by Gasteiger charge is 2.38. The van der Waals surface area contributed by atoms with Crippen molar-refractivity contribution in [2.45, 2.75) is 6.92 Å². The lowest BCUT2D eigenvalue weighted by Crippen LogP contribution is -2.27. The van der Waals surface area contributed by atoms with Crippen molar-refractivity contribution in [1.29, 1.82) is 0 Å². The first kappa shape index (κ1) is 25.5. The molecule has 6 heteroatoms. The first-order valence-electron chi connectivity index (χ1n) is 13.2. The largest absolute Gasteiger partial charge is 0.461 e. The zero-order valence-electron chi connectivity index (χ0n) is 22.0. The van der Waals surface area contributed by atoms with Crippen LogP contribution in [0.25, 0.3) is 33.0 Å². The molecule has 0 aliphatic heterocycles. The van der Waals surface area contributed by atoms with Crippen molar-refractivity contribution in [2.24, 2.45) is 0 Å². The predicted molar refractivity (Wildman–Crippen MR) is 162 cm³/mol. The molecule has 0 radical (unpaired) electrons. The van der Waals surface area contributed by atoms with Gasteiger partial charge in [0.05, 0.1) is 6.61 Å². The van der Waals surface area contributed by atoms with Gasteiger partial charge in [-0.05, 0) is 28.8 Å². The normalized spacial score (nSPS) is 11.4. The van der Waals surface area contributed by atoms with E-state index in [0.29, 0.717) is 21.6 Å². The second-order valence-electron chi connectivity index (χ2n) is 9.37. The van der Waals surface area contributed by atoms with Crippen LogP contribution in [-0.2, 0) is 9.30 Å². The third kappa shape index (κ3) is 4.35. The van der Waals surface area contributed by atoms with Gasteiger partial charge in [-0.25, -0.2) is 4.79 Å². The van der Waals surface area contributed by atoms with Crippen molar-refractivity contribution < 1.29 is 14.1 Å². The molecule has 1 aromatic heterocycles. The van der Waals surface area contributed by atoms with Crippen LogP contribution in [0.2, 0.25) is 0 Å². The van der Waals surface area contributed by atoms with Crippen molar-refractivity contribution in [3.63, 3.8) is 0 Å². The van der Waals surface area contributed by atoms with Crippen LogP contribution in [0.15, 0.2) is 127 Å². The molecule has 0 spiro atoms. The fraction of sp³-hybridized carbons (Fsp3) is 0.0588. The van der Waals surface area contributed by atoms with Gasteiger partial charge in [-0.15, -0.1) is 0 Å². The zero-order valence-corrected chi connectivity index (χ0v) is 22.8. The van der Waals surface area contributed by atoms with E-state index in [1.54, 1.807) is 6.92 Å². The molecule has 0 fully saturated rings. The standard InChI is InChI=1S/C34H27N2O3P/c1-2-39-34(37)32-31(30-28-21-13-12-16-25(28)22-23-29(30)24-14-6-3-7-15-24)33(36-35-32)40(38,26-17-8-4-9-18-26)27-19-10-5-11-20-27/h3-23H,2H2,1H3,(H,35,36). The van der Waals surface area contributed by atoms with Gasteiger partial charge < -0.3 is 9.30 Å². The first-order valence-corrected chi connectivity index (χ1v) is 14.9. The van der Waals surface area contributed by atoms with Gasteiger partial charge in [0.1, 0.15) is 5.44 Å². The highest BCUT2D eigenvalue weighted by molar-refractivity contribution is 7.85. The molecule has 6 aromatic rings. The molecule has 0 amide bonds. The summed E-state index contributed by atoms with van der Waals surface area (Å²) in [7, 11) is -3.53. The second kappa shape index (κ2) is 10.8. The van der Waals surface area contributed by atoms with E-state index in [1.807, 2.05) is 115 Å². The maximum absolute atomic E-state index is 15.6. The Balaban J connectivity index is 1.77. The molecule has 0 aliphatic carbocycles. The molecule has 0 atom stereocenters. The molecule has 6 rings (SSSR count). The average Bonchev–Trinajstić information content (AvgIpc) is 3.47. The van der Waals surface area contributed by atoms with Crippen LogP contribution in [0.4, 0.5) is 0 Å². The Bertz CT molecular complexity index is 1810. The predicted octanol–water partition coefficient (Wildman–Crippen LogP) is 6.71. The van der Waals surface area contributed by atoms with Crippen LogP contribution in [0.1, 0.15) is 17.4 Å². The highest BCUT2D eigenvalue weighted by atomic mass is 31.2. The summed E-state index contributed by atoms with van der Waals surface area (Å²) in [5.41, 5.74) is 3.65. The van der Waals surface area contributed by atoms with Crippen molar-refractivity contribution in [3.05, 3.63) is 133 Å². The van der Waals surface area contributed by atoms with Gasteiger partial charge >= 0.3 is 5.97 Å². The maximum Gasteiger partial charge on any atom is 0.359 e. The number of aromatic nitrogens is 2. The molecule has 196 valence electrons. The number of hydrogen-bond donors (Lipinski definition) is 1. The Labute approximate surface area is 232 Å². The summed E-state index contributed by atoms with van der Waals surface area (Å²) >= 11 is 0. The van der Waals surface area contributed by atoms with E-state index in [4.69, 9.17) is 4.74 Å². The van der Waals surface area contributed by atoms with E-state index in [9.17, 15) is 4.79 Å².